The van der Waals surface area contributed by atoms with E-state index in [9.17, 15) is 9.90 Å². The number of hydrogen-bond donors (Lipinski definition) is 1. The molecule has 1 aliphatic heterocycles. The Bertz CT molecular complexity index is 889. The van der Waals surface area contributed by atoms with Crippen molar-refractivity contribution in [3.05, 3.63) is 52.9 Å². The molecule has 28 heavy (non-hydrogen) atoms. The van der Waals surface area contributed by atoms with Crippen LogP contribution in [0.25, 0.3) is 0 Å². The van der Waals surface area contributed by atoms with Crippen molar-refractivity contribution in [2.24, 2.45) is 10.9 Å². The molecule has 1 saturated carbocycles. The Morgan fingerprint density at radius 1 is 1.29 bits per heavy atom. The SMILES string of the molecule is O=C(O)C1(N=Cc2nccc(N3CCC(Cc4ccccc4Cl)CC3)n2)CC1. The Morgan fingerprint density at radius 3 is 2.71 bits per heavy atom. The molecule has 7 heteroatoms. The van der Waals surface area contributed by atoms with E-state index in [4.69, 9.17) is 11.6 Å². The van der Waals surface area contributed by atoms with E-state index < -0.39 is 11.5 Å². The van der Waals surface area contributed by atoms with E-state index in [1.54, 1.807) is 6.20 Å². The van der Waals surface area contributed by atoms with E-state index in [0.29, 0.717) is 24.6 Å². The highest BCUT2D eigenvalue weighted by Crippen LogP contribution is 2.39. The van der Waals surface area contributed by atoms with E-state index in [0.717, 1.165) is 43.2 Å². The van der Waals surface area contributed by atoms with Crippen molar-refractivity contribution in [3.63, 3.8) is 0 Å². The molecule has 1 aromatic heterocycles. The van der Waals surface area contributed by atoms with Gasteiger partial charge in [-0.2, -0.15) is 0 Å². The summed E-state index contributed by atoms with van der Waals surface area (Å²) < 4.78 is 0. The predicted octanol–water partition coefficient (Wildman–Crippen LogP) is 3.63. The van der Waals surface area contributed by atoms with Gasteiger partial charge in [-0.15, -0.1) is 0 Å². The van der Waals surface area contributed by atoms with Crippen LogP contribution < -0.4 is 4.90 Å². The molecule has 0 atom stereocenters. The van der Waals surface area contributed by atoms with Gasteiger partial charge >= 0.3 is 5.97 Å². The summed E-state index contributed by atoms with van der Waals surface area (Å²) >= 11 is 6.29. The lowest BCUT2D eigenvalue weighted by molar-refractivity contribution is -0.139. The zero-order valence-electron chi connectivity index (χ0n) is 15.6. The Labute approximate surface area is 169 Å². The number of anilines is 1. The molecule has 1 aromatic carbocycles. The average Bonchev–Trinajstić information content (AvgIpc) is 3.51. The summed E-state index contributed by atoms with van der Waals surface area (Å²) in [5.41, 5.74) is 0.270. The number of carboxylic acid groups (broad SMARTS) is 1. The van der Waals surface area contributed by atoms with Gasteiger partial charge in [0.25, 0.3) is 0 Å². The highest BCUT2D eigenvalue weighted by atomic mass is 35.5. The number of aliphatic carboxylic acids is 1. The standard InChI is InChI=1S/C21H23ClN4O2/c22-17-4-2-1-3-16(17)13-15-6-11-26(12-7-15)19-5-10-23-18(25-19)14-24-21(8-9-21)20(27)28/h1-5,10,14-15H,6-9,11-13H2,(H,27,28). The number of aromatic nitrogens is 2. The van der Waals surface area contributed by atoms with Gasteiger partial charge in [0, 0.05) is 24.3 Å². The lowest BCUT2D eigenvalue weighted by atomic mass is 9.90. The molecule has 2 fully saturated rings. The van der Waals surface area contributed by atoms with Gasteiger partial charge in [-0.1, -0.05) is 29.8 Å². The number of piperidine rings is 1. The molecule has 0 bridgehead atoms. The summed E-state index contributed by atoms with van der Waals surface area (Å²) in [6, 6.07) is 9.96. The van der Waals surface area contributed by atoms with Gasteiger partial charge in [0.05, 0.1) is 6.21 Å². The Morgan fingerprint density at radius 2 is 2.04 bits per heavy atom. The number of aliphatic imine (C=N–C) groups is 1. The fraction of sp³-hybridized carbons (Fsp3) is 0.429. The van der Waals surface area contributed by atoms with Crippen LogP contribution in [0, 0.1) is 5.92 Å². The fourth-order valence-corrected chi connectivity index (χ4v) is 3.85. The van der Waals surface area contributed by atoms with Gasteiger partial charge in [0.2, 0.25) is 0 Å². The Hall–Kier alpha value is -2.47. The van der Waals surface area contributed by atoms with Crippen LogP contribution in [0.4, 0.5) is 5.82 Å². The molecule has 4 rings (SSSR count). The number of halogens is 1. The normalized spacial score (nSPS) is 19.1. The van der Waals surface area contributed by atoms with E-state index in [1.165, 1.54) is 11.8 Å². The number of carbonyl (C=O) groups is 1. The summed E-state index contributed by atoms with van der Waals surface area (Å²) in [6.45, 7) is 1.86. The van der Waals surface area contributed by atoms with Crippen LogP contribution in [-0.2, 0) is 11.2 Å². The van der Waals surface area contributed by atoms with Crippen molar-refractivity contribution in [1.29, 1.82) is 0 Å². The topological polar surface area (TPSA) is 78.7 Å². The molecule has 2 aromatic rings. The summed E-state index contributed by atoms with van der Waals surface area (Å²) in [4.78, 5) is 26.5. The molecule has 2 heterocycles. The van der Waals surface area contributed by atoms with Gasteiger partial charge in [0.1, 0.15) is 5.82 Å². The molecule has 1 aliphatic carbocycles. The predicted molar refractivity (Wildman–Crippen MR) is 109 cm³/mol. The van der Waals surface area contributed by atoms with Crippen LogP contribution in [0.1, 0.15) is 37.1 Å². The lowest BCUT2D eigenvalue weighted by Gasteiger charge is -2.33. The third-order valence-corrected chi connectivity index (χ3v) is 5.98. The first-order chi connectivity index (χ1) is 13.6. The maximum atomic E-state index is 11.2. The van der Waals surface area contributed by atoms with Crippen LogP contribution in [0.3, 0.4) is 0 Å². The quantitative estimate of drug-likeness (QED) is 0.752. The van der Waals surface area contributed by atoms with Crippen molar-refractivity contribution >= 4 is 29.6 Å². The third kappa shape index (κ3) is 4.17. The molecule has 0 amide bonds. The minimum absolute atomic E-state index is 0.461. The average molecular weight is 399 g/mol. The highest BCUT2D eigenvalue weighted by Gasteiger charge is 2.50. The van der Waals surface area contributed by atoms with Crippen LogP contribution >= 0.6 is 11.6 Å². The molecule has 6 nitrogen and oxygen atoms in total. The van der Waals surface area contributed by atoms with Crippen molar-refractivity contribution in [3.8, 4) is 0 Å². The molecule has 0 unspecified atom stereocenters. The summed E-state index contributed by atoms with van der Waals surface area (Å²) in [5, 5.41) is 10.1. The molecule has 0 radical (unpaired) electrons. The summed E-state index contributed by atoms with van der Waals surface area (Å²) in [6.07, 6.45) is 7.54. The first kappa shape index (κ1) is 18.9. The van der Waals surface area contributed by atoms with Crippen LogP contribution in [0.2, 0.25) is 5.02 Å². The number of carboxylic acids is 1. The van der Waals surface area contributed by atoms with Gasteiger partial charge in [-0.3, -0.25) is 4.99 Å². The largest absolute Gasteiger partial charge is 0.479 e. The van der Waals surface area contributed by atoms with Gasteiger partial charge < -0.3 is 10.0 Å². The second-order valence-electron chi connectivity index (χ2n) is 7.59. The van der Waals surface area contributed by atoms with E-state index in [1.807, 2.05) is 24.3 Å². The summed E-state index contributed by atoms with van der Waals surface area (Å²) in [7, 11) is 0. The third-order valence-electron chi connectivity index (χ3n) is 5.61. The van der Waals surface area contributed by atoms with Crippen LogP contribution in [0.5, 0.6) is 0 Å². The minimum atomic E-state index is -0.948. The molecule has 1 saturated heterocycles. The maximum Gasteiger partial charge on any atom is 0.331 e. The van der Waals surface area contributed by atoms with Crippen molar-refractivity contribution < 1.29 is 9.90 Å². The molecular weight excluding hydrogens is 376 g/mol. The monoisotopic (exact) mass is 398 g/mol. The summed E-state index contributed by atoms with van der Waals surface area (Å²) in [5.74, 6) is 1.07. The Balaban J connectivity index is 1.36. The van der Waals surface area contributed by atoms with E-state index in [-0.39, 0.29) is 0 Å². The second-order valence-corrected chi connectivity index (χ2v) is 8.00. The van der Waals surface area contributed by atoms with Gasteiger partial charge in [-0.25, -0.2) is 14.8 Å². The maximum absolute atomic E-state index is 11.2. The number of hydrogen-bond acceptors (Lipinski definition) is 5. The smallest absolute Gasteiger partial charge is 0.331 e. The number of benzene rings is 1. The molecule has 1 N–H and O–H groups in total. The van der Waals surface area contributed by atoms with Crippen molar-refractivity contribution in [2.75, 3.05) is 18.0 Å². The minimum Gasteiger partial charge on any atom is -0.479 e. The van der Waals surface area contributed by atoms with Gasteiger partial charge in [0.15, 0.2) is 11.4 Å². The number of nitrogens with zero attached hydrogens (tertiary/aromatic N) is 4. The molecule has 0 spiro atoms. The van der Waals surface area contributed by atoms with E-state index >= 15 is 0 Å². The van der Waals surface area contributed by atoms with Crippen molar-refractivity contribution in [1.82, 2.24) is 9.97 Å². The molecular formula is C21H23ClN4O2. The number of rotatable bonds is 6. The van der Waals surface area contributed by atoms with E-state index in [2.05, 4.69) is 25.9 Å². The van der Waals surface area contributed by atoms with Crippen LogP contribution in [-0.4, -0.2) is 45.9 Å². The van der Waals surface area contributed by atoms with Gasteiger partial charge in [-0.05, 0) is 55.7 Å². The Kier molecular flexibility index (Phi) is 5.31. The lowest BCUT2D eigenvalue weighted by Crippen LogP contribution is -2.35. The zero-order valence-corrected chi connectivity index (χ0v) is 16.3. The fourth-order valence-electron chi connectivity index (χ4n) is 3.64. The van der Waals surface area contributed by atoms with Crippen molar-refractivity contribution in [2.45, 2.75) is 37.6 Å². The van der Waals surface area contributed by atoms with Crippen LogP contribution in [0.15, 0.2) is 41.5 Å². The molecule has 2 aliphatic rings. The highest BCUT2D eigenvalue weighted by molar-refractivity contribution is 6.31. The molecule has 146 valence electrons. The zero-order chi connectivity index (χ0) is 19.6. The second kappa shape index (κ2) is 7.87. The first-order valence-electron chi connectivity index (χ1n) is 9.66. The first-order valence-corrected chi connectivity index (χ1v) is 10.0.